The molecule has 13 heteroatoms. The largest absolute Gasteiger partial charge is 0.472 e. The van der Waals surface area contributed by atoms with E-state index in [1.165, 1.54) is 32.1 Å². The van der Waals surface area contributed by atoms with Crippen LogP contribution >= 0.6 is 7.82 Å². The van der Waals surface area contributed by atoms with Gasteiger partial charge in [-0.25, -0.2) is 4.57 Å². The van der Waals surface area contributed by atoms with Crippen molar-refractivity contribution in [1.29, 1.82) is 0 Å². The molecule has 0 bridgehead atoms. The molecule has 0 saturated heterocycles. The minimum absolute atomic E-state index is 0.0939. The molecule has 1 saturated carbocycles. The molecule has 352 valence electrons. The van der Waals surface area contributed by atoms with Crippen molar-refractivity contribution in [3.05, 3.63) is 72.9 Å². The molecule has 0 spiro atoms. The number of carbonyl (C=O) groups is 1. The number of aliphatic hydroxyl groups is 5. The topological polar surface area (TPSA) is 192 Å². The predicted molar refractivity (Wildman–Crippen MR) is 244 cm³/mol. The molecule has 1 aliphatic carbocycles. The van der Waals surface area contributed by atoms with E-state index in [-0.39, 0.29) is 13.0 Å². The van der Waals surface area contributed by atoms with Crippen LogP contribution in [0.1, 0.15) is 162 Å². The molecule has 6 atom stereocenters. The number of phosphoric ester groups is 1. The van der Waals surface area contributed by atoms with E-state index in [0.717, 1.165) is 103 Å². The van der Waals surface area contributed by atoms with Gasteiger partial charge in [-0.3, -0.25) is 13.8 Å². The first kappa shape index (κ1) is 56.8. The highest BCUT2D eigenvalue weighted by Crippen LogP contribution is 2.47. The number of hydrogen-bond acceptors (Lipinski definition) is 11. The lowest BCUT2D eigenvalue weighted by Gasteiger charge is -2.41. The maximum absolute atomic E-state index is 12.8. The molecule has 0 aromatic heterocycles. The number of carbonyl (C=O) groups excluding carboxylic acids is 1. The van der Waals surface area contributed by atoms with E-state index in [9.17, 15) is 39.8 Å². The maximum Gasteiger partial charge on any atom is 0.472 e. The van der Waals surface area contributed by atoms with Crippen LogP contribution < -0.4 is 0 Å². The summed E-state index contributed by atoms with van der Waals surface area (Å²) in [5.41, 5.74) is 0. The molecule has 12 nitrogen and oxygen atoms in total. The van der Waals surface area contributed by atoms with Gasteiger partial charge in [-0.05, 0) is 77.0 Å². The van der Waals surface area contributed by atoms with Crippen molar-refractivity contribution in [1.82, 2.24) is 0 Å². The molecule has 0 heterocycles. The van der Waals surface area contributed by atoms with Gasteiger partial charge in [-0.2, -0.15) is 0 Å². The second-order valence-electron chi connectivity index (χ2n) is 15.9. The summed E-state index contributed by atoms with van der Waals surface area (Å²) in [6.45, 7) is 4.05. The van der Waals surface area contributed by atoms with Crippen molar-refractivity contribution in [3.63, 3.8) is 0 Å². The van der Waals surface area contributed by atoms with Crippen molar-refractivity contribution in [2.24, 2.45) is 0 Å². The van der Waals surface area contributed by atoms with Gasteiger partial charge in [-0.1, -0.05) is 151 Å². The first-order chi connectivity index (χ1) is 29.5. The van der Waals surface area contributed by atoms with Crippen molar-refractivity contribution in [3.8, 4) is 0 Å². The first-order valence-corrected chi connectivity index (χ1v) is 24.8. The molecule has 0 radical (unpaired) electrons. The standard InChI is InChI=1S/C48H83O12P/c1-3-5-7-9-11-13-15-17-19-20-21-22-23-24-26-28-30-32-34-36-38-57-39-41(40-58-61(55,56)60-48-46(53)44(51)43(50)45(52)47(48)54)59-42(49)37-35-33-31-29-27-25-18-16-14-12-10-8-6-4-2/h5,7,10-13,16-19,21-22,41,43-48,50-54H,3-4,6,8-9,14-15,20,23-40H2,1-2H3,(H,55,56)/b7-5-,12-10-,13-11-,18-16-,19-17-,22-21-. The average molecular weight is 883 g/mol. The molecule has 1 aliphatic rings. The van der Waals surface area contributed by atoms with Crippen molar-refractivity contribution in [2.75, 3.05) is 19.8 Å². The van der Waals surface area contributed by atoms with Gasteiger partial charge in [0, 0.05) is 13.0 Å². The number of aliphatic hydroxyl groups excluding tert-OH is 5. The maximum atomic E-state index is 12.8. The third-order valence-electron chi connectivity index (χ3n) is 10.3. The van der Waals surface area contributed by atoms with Gasteiger partial charge in [0.1, 0.15) is 42.7 Å². The summed E-state index contributed by atoms with van der Waals surface area (Å²) in [6.07, 6.45) is 36.8. The highest BCUT2D eigenvalue weighted by molar-refractivity contribution is 7.47. The van der Waals surface area contributed by atoms with Gasteiger partial charge in [-0.15, -0.1) is 0 Å². The Labute approximate surface area is 368 Å². The SMILES string of the molecule is CC/C=C\C/C=C\C/C=C\C/C=C\CCCCCCCCCOCC(COP(=O)(O)OC1C(O)C(O)C(O)C(O)C1O)OC(=O)CCCCCCC/C=C\C/C=C\CCCC. The Bertz CT molecular complexity index is 1280. The smallest absolute Gasteiger partial charge is 0.457 e. The summed E-state index contributed by atoms with van der Waals surface area (Å²) in [5, 5.41) is 50.2. The van der Waals surface area contributed by atoms with Crippen LogP contribution in [0.15, 0.2) is 72.9 Å². The molecular weight excluding hydrogens is 799 g/mol. The summed E-state index contributed by atoms with van der Waals surface area (Å²) < 4.78 is 34.2. The molecule has 0 amide bonds. The van der Waals surface area contributed by atoms with Crippen LogP contribution in [0, 0.1) is 0 Å². The van der Waals surface area contributed by atoms with Crippen LogP contribution in [-0.4, -0.2) is 98.9 Å². The molecule has 6 N–H and O–H groups in total. The van der Waals surface area contributed by atoms with E-state index < -0.39 is 63.1 Å². The number of ether oxygens (including phenoxy) is 2. The molecule has 0 aliphatic heterocycles. The molecule has 1 fully saturated rings. The van der Waals surface area contributed by atoms with E-state index in [2.05, 4.69) is 86.8 Å². The number of phosphoric acid groups is 1. The van der Waals surface area contributed by atoms with E-state index >= 15 is 0 Å². The Kier molecular flexibility index (Phi) is 35.6. The third kappa shape index (κ3) is 30.5. The molecule has 1 rings (SSSR count). The number of unbranched alkanes of at least 4 members (excludes halogenated alkanes) is 14. The van der Waals surface area contributed by atoms with E-state index in [0.29, 0.717) is 13.0 Å². The van der Waals surface area contributed by atoms with Crippen LogP contribution in [0.2, 0.25) is 0 Å². The summed E-state index contributed by atoms with van der Waals surface area (Å²) >= 11 is 0. The minimum atomic E-state index is -5.03. The van der Waals surface area contributed by atoms with Crippen molar-refractivity contribution in [2.45, 2.75) is 204 Å². The zero-order valence-corrected chi connectivity index (χ0v) is 38.3. The lowest BCUT2D eigenvalue weighted by molar-refractivity contribution is -0.220. The van der Waals surface area contributed by atoms with E-state index in [1.807, 2.05) is 0 Å². The second-order valence-corrected chi connectivity index (χ2v) is 17.3. The zero-order chi connectivity index (χ0) is 44.8. The van der Waals surface area contributed by atoms with Gasteiger partial charge in [0.25, 0.3) is 0 Å². The van der Waals surface area contributed by atoms with E-state index in [4.69, 9.17) is 18.5 Å². The predicted octanol–water partition coefficient (Wildman–Crippen LogP) is 9.58. The fraction of sp³-hybridized carbons (Fsp3) is 0.729. The highest BCUT2D eigenvalue weighted by Gasteiger charge is 2.51. The van der Waals surface area contributed by atoms with Gasteiger partial charge in [0.05, 0.1) is 13.2 Å². The van der Waals surface area contributed by atoms with Gasteiger partial charge in [0.2, 0.25) is 0 Å². The molecule has 0 aromatic carbocycles. The van der Waals surface area contributed by atoms with Crippen LogP contribution in [0.3, 0.4) is 0 Å². The van der Waals surface area contributed by atoms with Crippen LogP contribution in [0.5, 0.6) is 0 Å². The lowest BCUT2D eigenvalue weighted by Crippen LogP contribution is -2.64. The summed E-state index contributed by atoms with van der Waals surface area (Å²) in [6, 6.07) is 0. The Morgan fingerprint density at radius 2 is 0.967 bits per heavy atom. The Hall–Kier alpha value is -2.22. The third-order valence-corrected chi connectivity index (χ3v) is 11.3. The molecule has 6 unspecified atom stereocenters. The minimum Gasteiger partial charge on any atom is -0.457 e. The molecule has 0 aromatic rings. The van der Waals surface area contributed by atoms with Gasteiger partial charge >= 0.3 is 13.8 Å². The Balaban J connectivity index is 2.40. The second kappa shape index (κ2) is 38.3. The quantitative estimate of drug-likeness (QED) is 0.0149. The number of hydrogen-bond donors (Lipinski definition) is 6. The van der Waals surface area contributed by atoms with Gasteiger partial charge < -0.3 is 39.9 Å². The zero-order valence-electron chi connectivity index (χ0n) is 37.4. The van der Waals surface area contributed by atoms with Crippen LogP contribution in [-0.2, 0) is 27.9 Å². The normalized spacial score (nSPS) is 22.8. The number of esters is 1. The average Bonchev–Trinajstić information content (AvgIpc) is 3.24. The number of rotatable bonds is 38. The highest BCUT2D eigenvalue weighted by atomic mass is 31.2. The lowest BCUT2D eigenvalue weighted by atomic mass is 9.85. The molecular formula is C48H83O12P. The van der Waals surface area contributed by atoms with Crippen LogP contribution in [0.4, 0.5) is 0 Å². The van der Waals surface area contributed by atoms with E-state index in [1.54, 1.807) is 0 Å². The monoisotopic (exact) mass is 883 g/mol. The Morgan fingerprint density at radius 3 is 1.48 bits per heavy atom. The van der Waals surface area contributed by atoms with Crippen molar-refractivity contribution < 1.29 is 58.3 Å². The van der Waals surface area contributed by atoms with Gasteiger partial charge in [0.15, 0.2) is 0 Å². The summed E-state index contributed by atoms with van der Waals surface area (Å²) in [5.74, 6) is -0.499. The first-order valence-electron chi connectivity index (χ1n) is 23.3. The van der Waals surface area contributed by atoms with Crippen molar-refractivity contribution >= 4 is 13.8 Å². The summed E-state index contributed by atoms with van der Waals surface area (Å²) in [4.78, 5) is 23.1. The fourth-order valence-electron chi connectivity index (χ4n) is 6.60. The Morgan fingerprint density at radius 1 is 0.541 bits per heavy atom. The molecule has 61 heavy (non-hydrogen) atoms. The summed E-state index contributed by atoms with van der Waals surface area (Å²) in [7, 11) is -5.03. The number of allylic oxidation sites excluding steroid dienone is 12. The fourth-order valence-corrected chi connectivity index (χ4v) is 7.57. The van der Waals surface area contributed by atoms with Crippen LogP contribution in [0.25, 0.3) is 0 Å².